The quantitative estimate of drug-likeness (QED) is 0.665. The van der Waals surface area contributed by atoms with E-state index in [1.54, 1.807) is 6.20 Å². The first-order valence-corrected chi connectivity index (χ1v) is 11.0. The van der Waals surface area contributed by atoms with E-state index in [1.165, 1.54) is 4.90 Å². The molecule has 7 nitrogen and oxygen atoms in total. The fourth-order valence-electron chi connectivity index (χ4n) is 4.00. The molecule has 1 aliphatic rings. The molecule has 0 spiro atoms. The van der Waals surface area contributed by atoms with Crippen LogP contribution in [0.2, 0.25) is 0 Å². The summed E-state index contributed by atoms with van der Waals surface area (Å²) in [6, 6.07) is 8.28. The van der Waals surface area contributed by atoms with Crippen LogP contribution in [-0.4, -0.2) is 51.5 Å². The van der Waals surface area contributed by atoms with Crippen molar-refractivity contribution >= 4 is 11.8 Å². The topological polar surface area (TPSA) is 109 Å². The number of aliphatic hydroxyl groups excluding tert-OH is 1. The normalized spacial score (nSPS) is 20.7. The highest BCUT2D eigenvalue weighted by atomic mass is 16.3. The Hall–Kier alpha value is -2.77. The summed E-state index contributed by atoms with van der Waals surface area (Å²) in [7, 11) is 0. The number of carbonyl (C=O) groups excluding carboxylic acids is 2. The predicted molar refractivity (Wildman–Crippen MR) is 125 cm³/mol. The molecule has 4 atom stereocenters. The number of likely N-dealkylation sites (tertiary alicyclic amines) is 1. The fourth-order valence-corrected chi connectivity index (χ4v) is 4.00. The molecule has 0 bridgehead atoms. The highest BCUT2D eigenvalue weighted by Gasteiger charge is 2.42. The first-order valence-electron chi connectivity index (χ1n) is 11.0. The van der Waals surface area contributed by atoms with Gasteiger partial charge < -0.3 is 21.1 Å². The summed E-state index contributed by atoms with van der Waals surface area (Å²) in [5.74, 6) is -0.587. The third kappa shape index (κ3) is 5.16. The lowest BCUT2D eigenvalue weighted by Crippen LogP contribution is -2.55. The highest BCUT2D eigenvalue weighted by Crippen LogP contribution is 2.27. The van der Waals surface area contributed by atoms with Crippen molar-refractivity contribution in [1.29, 1.82) is 0 Å². The van der Waals surface area contributed by atoms with Crippen LogP contribution in [0.5, 0.6) is 0 Å². The number of benzene rings is 1. The molecule has 7 heteroatoms. The van der Waals surface area contributed by atoms with E-state index in [0.29, 0.717) is 0 Å². The number of pyridine rings is 1. The van der Waals surface area contributed by atoms with Crippen molar-refractivity contribution in [3.05, 3.63) is 53.9 Å². The zero-order chi connectivity index (χ0) is 23.6. The Bertz CT molecular complexity index is 968. The molecule has 1 aromatic heterocycles. The van der Waals surface area contributed by atoms with Gasteiger partial charge in [-0.2, -0.15) is 0 Å². The molecule has 1 aromatic carbocycles. The largest absolute Gasteiger partial charge is 0.391 e. The molecule has 0 radical (unpaired) electrons. The van der Waals surface area contributed by atoms with Crippen molar-refractivity contribution in [3.8, 4) is 11.1 Å². The van der Waals surface area contributed by atoms with Crippen LogP contribution in [0.4, 0.5) is 0 Å². The molecule has 1 saturated heterocycles. The molecule has 2 amide bonds. The molecule has 32 heavy (non-hydrogen) atoms. The maximum Gasteiger partial charge on any atom is 0.243 e. The predicted octanol–water partition coefficient (Wildman–Crippen LogP) is 2.57. The summed E-state index contributed by atoms with van der Waals surface area (Å²) < 4.78 is 0. The molecule has 1 fully saturated rings. The second kappa shape index (κ2) is 9.38. The number of β-amino-alcohol motifs (C(OH)–C–C–N with tert-alkyl or cyclic N) is 1. The van der Waals surface area contributed by atoms with Crippen molar-refractivity contribution in [1.82, 2.24) is 15.2 Å². The monoisotopic (exact) mass is 438 g/mol. The molecule has 172 valence electrons. The number of nitrogens with two attached hydrogens (primary N) is 1. The minimum absolute atomic E-state index is 0.120. The Labute approximate surface area is 190 Å². The Balaban J connectivity index is 1.70. The summed E-state index contributed by atoms with van der Waals surface area (Å²) in [5.41, 5.74) is 9.95. The van der Waals surface area contributed by atoms with Crippen LogP contribution in [-0.2, 0) is 9.59 Å². The SMILES string of the molecule is Cc1cnccc1-c1ccc([C@H](C)NC(=O)[C@@H]2C[C@@H](O)CN2C(=O)[C@@H](N)C(C)(C)C)cc1. The molecule has 4 N–H and O–H groups in total. The number of hydrogen-bond acceptors (Lipinski definition) is 5. The summed E-state index contributed by atoms with van der Waals surface area (Å²) in [6.07, 6.45) is 3.08. The van der Waals surface area contributed by atoms with Gasteiger partial charge in [0.05, 0.1) is 18.2 Å². The molecular formula is C25H34N4O3. The van der Waals surface area contributed by atoms with Crippen molar-refractivity contribution < 1.29 is 14.7 Å². The van der Waals surface area contributed by atoms with Crippen LogP contribution in [0.3, 0.4) is 0 Å². The zero-order valence-corrected chi connectivity index (χ0v) is 19.5. The maximum atomic E-state index is 13.0. The van der Waals surface area contributed by atoms with Gasteiger partial charge in [-0.3, -0.25) is 14.6 Å². The summed E-state index contributed by atoms with van der Waals surface area (Å²) >= 11 is 0. The average Bonchev–Trinajstić information content (AvgIpc) is 3.14. The third-order valence-corrected chi connectivity index (χ3v) is 6.16. The van der Waals surface area contributed by atoms with Gasteiger partial charge >= 0.3 is 0 Å². The zero-order valence-electron chi connectivity index (χ0n) is 19.5. The fraction of sp³-hybridized carbons (Fsp3) is 0.480. The lowest BCUT2D eigenvalue weighted by molar-refractivity contribution is -0.141. The number of amides is 2. The van der Waals surface area contributed by atoms with E-state index >= 15 is 0 Å². The van der Waals surface area contributed by atoms with Gasteiger partial charge in [-0.1, -0.05) is 45.0 Å². The second-order valence-corrected chi connectivity index (χ2v) is 9.78. The van der Waals surface area contributed by atoms with E-state index in [-0.39, 0.29) is 30.8 Å². The van der Waals surface area contributed by atoms with Crippen LogP contribution < -0.4 is 11.1 Å². The smallest absolute Gasteiger partial charge is 0.243 e. The van der Waals surface area contributed by atoms with Gasteiger partial charge in [-0.15, -0.1) is 0 Å². The van der Waals surface area contributed by atoms with Crippen LogP contribution in [0.15, 0.2) is 42.7 Å². The number of rotatable bonds is 5. The van der Waals surface area contributed by atoms with E-state index in [0.717, 1.165) is 22.3 Å². The Kier molecular flexibility index (Phi) is 7.00. The van der Waals surface area contributed by atoms with Crippen molar-refractivity contribution in [2.45, 2.75) is 65.3 Å². The first-order chi connectivity index (χ1) is 15.0. The van der Waals surface area contributed by atoms with Gasteiger partial charge in [-0.05, 0) is 47.6 Å². The maximum absolute atomic E-state index is 13.0. The minimum atomic E-state index is -0.746. The summed E-state index contributed by atoms with van der Waals surface area (Å²) in [4.78, 5) is 31.5. The average molecular weight is 439 g/mol. The number of aliphatic hydroxyl groups is 1. The Morgan fingerprint density at radius 2 is 1.88 bits per heavy atom. The number of carbonyl (C=O) groups is 2. The Morgan fingerprint density at radius 3 is 2.47 bits per heavy atom. The molecule has 0 aliphatic carbocycles. The molecule has 2 aromatic rings. The molecule has 0 saturated carbocycles. The molecule has 2 heterocycles. The van der Waals surface area contributed by atoms with Gasteiger partial charge in [0.25, 0.3) is 0 Å². The molecule has 1 aliphatic heterocycles. The van der Waals surface area contributed by atoms with E-state index in [2.05, 4.69) is 10.3 Å². The minimum Gasteiger partial charge on any atom is -0.391 e. The molecule has 0 unspecified atom stereocenters. The number of nitrogens with one attached hydrogen (secondary N) is 1. The molecule has 3 rings (SSSR count). The van der Waals surface area contributed by atoms with Crippen LogP contribution in [0.1, 0.15) is 51.3 Å². The summed E-state index contributed by atoms with van der Waals surface area (Å²) in [5, 5.41) is 13.1. The van der Waals surface area contributed by atoms with Crippen LogP contribution in [0.25, 0.3) is 11.1 Å². The van der Waals surface area contributed by atoms with E-state index in [9.17, 15) is 14.7 Å². The van der Waals surface area contributed by atoms with Gasteiger partial charge in [0.1, 0.15) is 6.04 Å². The van der Waals surface area contributed by atoms with Crippen molar-refractivity contribution in [2.24, 2.45) is 11.1 Å². The van der Waals surface area contributed by atoms with Crippen LogP contribution >= 0.6 is 0 Å². The first kappa shape index (κ1) is 23.9. The number of nitrogens with zero attached hydrogens (tertiary/aromatic N) is 2. The summed E-state index contributed by atoms with van der Waals surface area (Å²) in [6.45, 7) is 9.70. The van der Waals surface area contributed by atoms with Gasteiger partial charge in [0, 0.05) is 25.4 Å². The number of hydrogen-bond donors (Lipinski definition) is 3. The van der Waals surface area contributed by atoms with Gasteiger partial charge in [0.2, 0.25) is 11.8 Å². The highest BCUT2D eigenvalue weighted by molar-refractivity contribution is 5.91. The standard InChI is InChI=1S/C25H34N4O3/c1-15-13-27-11-10-20(15)18-8-6-17(7-9-18)16(2)28-23(31)21-12-19(30)14-29(21)24(32)22(26)25(3,4)5/h6-11,13,16,19,21-22,30H,12,14,26H2,1-5H3,(H,28,31)/t16-,19+,21-,22+/m0/s1. The van der Waals surface area contributed by atoms with E-state index in [1.807, 2.05) is 71.1 Å². The van der Waals surface area contributed by atoms with Crippen molar-refractivity contribution in [3.63, 3.8) is 0 Å². The van der Waals surface area contributed by atoms with E-state index < -0.39 is 23.6 Å². The van der Waals surface area contributed by atoms with Gasteiger partial charge in [0.15, 0.2) is 0 Å². The Morgan fingerprint density at radius 1 is 1.22 bits per heavy atom. The third-order valence-electron chi connectivity index (χ3n) is 6.16. The van der Waals surface area contributed by atoms with Gasteiger partial charge in [-0.25, -0.2) is 0 Å². The van der Waals surface area contributed by atoms with Crippen molar-refractivity contribution in [2.75, 3.05) is 6.54 Å². The number of aromatic nitrogens is 1. The lowest BCUT2D eigenvalue weighted by Gasteiger charge is -2.32. The van der Waals surface area contributed by atoms with E-state index in [4.69, 9.17) is 5.73 Å². The second-order valence-electron chi connectivity index (χ2n) is 9.78. The van der Waals surface area contributed by atoms with Crippen LogP contribution in [0, 0.1) is 12.3 Å². The molecular weight excluding hydrogens is 404 g/mol. The lowest BCUT2D eigenvalue weighted by atomic mass is 9.86. The number of aryl methyl sites for hydroxylation is 1.